The van der Waals surface area contributed by atoms with E-state index >= 15 is 0 Å². The summed E-state index contributed by atoms with van der Waals surface area (Å²) in [7, 11) is 3.10. The van der Waals surface area contributed by atoms with Gasteiger partial charge in [0.1, 0.15) is 18.5 Å². The van der Waals surface area contributed by atoms with Crippen LogP contribution in [0.1, 0.15) is 13.8 Å². The van der Waals surface area contributed by atoms with Crippen LogP contribution in [-0.2, 0) is 0 Å². The van der Waals surface area contributed by atoms with Crippen molar-refractivity contribution in [2.45, 2.75) is 25.6 Å². The number of ether oxygens (including phenoxy) is 3. The predicted molar refractivity (Wildman–Crippen MR) is 92.4 cm³/mol. The zero-order valence-electron chi connectivity index (χ0n) is 14.6. The molecule has 0 aliphatic rings. The van der Waals surface area contributed by atoms with Gasteiger partial charge in [-0.05, 0) is 26.0 Å². The van der Waals surface area contributed by atoms with Crippen molar-refractivity contribution < 1.29 is 28.8 Å². The fourth-order valence-electron chi connectivity index (χ4n) is 2.48. The third-order valence-corrected chi connectivity index (χ3v) is 4.06. The van der Waals surface area contributed by atoms with Crippen molar-refractivity contribution in [2.75, 3.05) is 20.8 Å². The Bertz CT molecular complexity index is 896. The first-order valence-corrected chi connectivity index (χ1v) is 7.81. The molecule has 7 nitrogen and oxygen atoms in total. The maximum atomic E-state index is 10.1. The van der Waals surface area contributed by atoms with E-state index < -0.39 is 11.7 Å². The van der Waals surface area contributed by atoms with E-state index in [-0.39, 0.29) is 6.61 Å². The number of pyridine rings is 1. The van der Waals surface area contributed by atoms with Crippen molar-refractivity contribution in [3.8, 4) is 17.2 Å². The Labute approximate surface area is 144 Å². The van der Waals surface area contributed by atoms with E-state index in [1.54, 1.807) is 32.4 Å². The van der Waals surface area contributed by atoms with Crippen LogP contribution in [0.5, 0.6) is 17.2 Å². The highest BCUT2D eigenvalue weighted by Gasteiger charge is 2.26. The number of aliphatic hydroxyl groups excluding tert-OH is 1. The standard InChI is InChI=1S/C18H21NO6/c1-18(2,21)15(20)9-25-16-10-5-6-24-17(10)19-12-8-14(23-4)13(22-3)7-11(12)16/h5-8,15,20-21H,9H2,1-4H3/t15-/m0/s1. The molecule has 0 aliphatic carbocycles. The van der Waals surface area contributed by atoms with Crippen molar-refractivity contribution in [2.24, 2.45) is 0 Å². The summed E-state index contributed by atoms with van der Waals surface area (Å²) < 4.78 is 21.9. The van der Waals surface area contributed by atoms with Crippen LogP contribution in [0.3, 0.4) is 0 Å². The van der Waals surface area contributed by atoms with Gasteiger partial charge in [-0.3, -0.25) is 0 Å². The average molecular weight is 347 g/mol. The lowest BCUT2D eigenvalue weighted by Crippen LogP contribution is -2.40. The second-order valence-electron chi connectivity index (χ2n) is 6.29. The summed E-state index contributed by atoms with van der Waals surface area (Å²) in [4.78, 5) is 4.46. The van der Waals surface area contributed by atoms with E-state index in [4.69, 9.17) is 18.6 Å². The quantitative estimate of drug-likeness (QED) is 0.707. The van der Waals surface area contributed by atoms with E-state index in [0.29, 0.717) is 39.3 Å². The summed E-state index contributed by atoms with van der Waals surface area (Å²) in [5.41, 5.74) is -0.264. The summed E-state index contributed by atoms with van der Waals surface area (Å²) in [6, 6.07) is 5.24. The molecule has 0 aliphatic heterocycles. The molecular formula is C18H21NO6. The lowest BCUT2D eigenvalue weighted by atomic mass is 10.0. The second-order valence-corrected chi connectivity index (χ2v) is 6.29. The summed E-state index contributed by atoms with van der Waals surface area (Å²) >= 11 is 0. The van der Waals surface area contributed by atoms with Gasteiger partial charge in [0.15, 0.2) is 11.5 Å². The van der Waals surface area contributed by atoms with Gasteiger partial charge in [-0.15, -0.1) is 0 Å². The van der Waals surface area contributed by atoms with Crippen LogP contribution in [0.2, 0.25) is 0 Å². The molecule has 25 heavy (non-hydrogen) atoms. The smallest absolute Gasteiger partial charge is 0.230 e. The molecule has 1 atom stereocenters. The molecule has 0 saturated heterocycles. The van der Waals surface area contributed by atoms with E-state index in [1.165, 1.54) is 20.1 Å². The van der Waals surface area contributed by atoms with Crippen LogP contribution < -0.4 is 14.2 Å². The lowest BCUT2D eigenvalue weighted by Gasteiger charge is -2.24. The van der Waals surface area contributed by atoms with E-state index in [1.807, 2.05) is 0 Å². The van der Waals surface area contributed by atoms with E-state index in [9.17, 15) is 10.2 Å². The molecule has 134 valence electrons. The van der Waals surface area contributed by atoms with E-state index in [2.05, 4.69) is 4.98 Å². The molecule has 0 amide bonds. The first-order chi connectivity index (χ1) is 11.8. The molecule has 2 heterocycles. The number of fused-ring (bicyclic) bond motifs is 2. The fraction of sp³-hybridized carbons (Fsp3) is 0.389. The lowest BCUT2D eigenvalue weighted by molar-refractivity contribution is -0.0658. The molecule has 3 rings (SSSR count). The van der Waals surface area contributed by atoms with Gasteiger partial charge in [0.25, 0.3) is 0 Å². The molecule has 0 unspecified atom stereocenters. The van der Waals surface area contributed by atoms with Gasteiger partial charge >= 0.3 is 0 Å². The van der Waals surface area contributed by atoms with Gasteiger partial charge in [0.2, 0.25) is 5.71 Å². The molecule has 7 heteroatoms. The average Bonchev–Trinajstić information content (AvgIpc) is 3.04. The number of nitrogens with zero attached hydrogens (tertiary/aromatic N) is 1. The highest BCUT2D eigenvalue weighted by molar-refractivity contribution is 6.00. The summed E-state index contributed by atoms with van der Waals surface area (Å²) in [5.74, 6) is 1.57. The van der Waals surface area contributed by atoms with Crippen LogP contribution in [0.25, 0.3) is 22.0 Å². The number of rotatable bonds is 6. The van der Waals surface area contributed by atoms with Crippen LogP contribution >= 0.6 is 0 Å². The van der Waals surface area contributed by atoms with Gasteiger partial charge < -0.3 is 28.8 Å². The van der Waals surface area contributed by atoms with Gasteiger partial charge in [0.05, 0.1) is 37.0 Å². The minimum Gasteiger partial charge on any atom is -0.493 e. The van der Waals surface area contributed by atoms with Crippen LogP contribution in [0.15, 0.2) is 28.9 Å². The Balaban J connectivity index is 2.14. The fourth-order valence-corrected chi connectivity index (χ4v) is 2.48. The first kappa shape index (κ1) is 17.3. The molecule has 2 N–H and O–H groups in total. The number of aliphatic hydroxyl groups is 2. The van der Waals surface area contributed by atoms with Gasteiger partial charge in [-0.1, -0.05) is 0 Å². The first-order valence-electron chi connectivity index (χ1n) is 7.81. The van der Waals surface area contributed by atoms with Crippen LogP contribution in [0, 0.1) is 0 Å². The number of methoxy groups -OCH3 is 2. The predicted octanol–water partition coefficient (Wildman–Crippen LogP) is 2.51. The second kappa shape index (κ2) is 6.42. The molecule has 0 bridgehead atoms. The molecule has 3 aromatic rings. The molecule has 0 spiro atoms. The van der Waals surface area contributed by atoms with Crippen molar-refractivity contribution in [1.82, 2.24) is 4.98 Å². The van der Waals surface area contributed by atoms with Gasteiger partial charge in [-0.25, -0.2) is 4.98 Å². The molecule has 1 aromatic carbocycles. The Hall–Kier alpha value is -2.51. The monoisotopic (exact) mass is 347 g/mol. The molecule has 2 aromatic heterocycles. The molecular weight excluding hydrogens is 326 g/mol. The Kier molecular flexibility index (Phi) is 4.45. The highest BCUT2D eigenvalue weighted by Crippen LogP contribution is 2.39. The van der Waals surface area contributed by atoms with Crippen LogP contribution in [0.4, 0.5) is 0 Å². The number of furan rings is 1. The topological polar surface area (TPSA) is 94.2 Å². The largest absolute Gasteiger partial charge is 0.493 e. The summed E-state index contributed by atoms with van der Waals surface area (Å²) in [6.07, 6.45) is 0.461. The third-order valence-electron chi connectivity index (χ3n) is 4.06. The Morgan fingerprint density at radius 3 is 2.48 bits per heavy atom. The molecule has 0 fully saturated rings. The van der Waals surface area contributed by atoms with Crippen molar-refractivity contribution in [1.29, 1.82) is 0 Å². The maximum absolute atomic E-state index is 10.1. The third kappa shape index (κ3) is 3.20. The zero-order chi connectivity index (χ0) is 18.2. The SMILES string of the molecule is COc1cc2nc3occc3c(OC[C@H](O)C(C)(C)O)c2cc1OC. The maximum Gasteiger partial charge on any atom is 0.230 e. The summed E-state index contributed by atoms with van der Waals surface area (Å²) in [5, 5.41) is 21.3. The number of hydrogen-bond donors (Lipinski definition) is 2. The highest BCUT2D eigenvalue weighted by atomic mass is 16.5. The number of aromatic nitrogens is 1. The summed E-state index contributed by atoms with van der Waals surface area (Å²) in [6.45, 7) is 2.96. The van der Waals surface area contributed by atoms with Gasteiger partial charge in [0, 0.05) is 11.5 Å². The van der Waals surface area contributed by atoms with Gasteiger partial charge in [-0.2, -0.15) is 0 Å². The minimum atomic E-state index is -1.28. The van der Waals surface area contributed by atoms with Crippen LogP contribution in [-0.4, -0.2) is 47.7 Å². The number of hydrogen-bond acceptors (Lipinski definition) is 7. The normalized spacial score (nSPS) is 13.2. The van der Waals surface area contributed by atoms with Crippen molar-refractivity contribution >= 4 is 22.0 Å². The Morgan fingerprint density at radius 1 is 1.16 bits per heavy atom. The number of benzene rings is 1. The van der Waals surface area contributed by atoms with Crippen molar-refractivity contribution in [3.05, 3.63) is 24.5 Å². The molecule has 0 saturated carbocycles. The van der Waals surface area contributed by atoms with Crippen molar-refractivity contribution in [3.63, 3.8) is 0 Å². The minimum absolute atomic E-state index is 0.0861. The zero-order valence-corrected chi connectivity index (χ0v) is 14.6. The Morgan fingerprint density at radius 2 is 1.84 bits per heavy atom. The van der Waals surface area contributed by atoms with E-state index in [0.717, 1.165) is 0 Å². The molecule has 0 radical (unpaired) electrons.